The first-order valence-electron chi connectivity index (χ1n) is 7.95. The van der Waals surface area contributed by atoms with Crippen LogP contribution in [0.1, 0.15) is 44.1 Å². The molecule has 1 aromatic carbocycles. The van der Waals surface area contributed by atoms with Crippen molar-refractivity contribution in [2.24, 2.45) is 0 Å². The number of nitrogens with zero attached hydrogens (tertiary/aromatic N) is 1. The van der Waals surface area contributed by atoms with E-state index >= 15 is 0 Å². The van der Waals surface area contributed by atoms with Crippen LogP contribution in [0, 0.1) is 0 Å². The molecule has 1 N–H and O–H groups in total. The maximum Gasteiger partial charge on any atom is 0.120 e. The van der Waals surface area contributed by atoms with Gasteiger partial charge in [0, 0.05) is 13.1 Å². The monoisotopic (exact) mass is 275 g/mol. The van der Waals surface area contributed by atoms with Crippen LogP contribution in [0.25, 0.3) is 0 Å². The van der Waals surface area contributed by atoms with Crippen molar-refractivity contribution in [3.63, 3.8) is 0 Å². The van der Waals surface area contributed by atoms with Crippen molar-refractivity contribution in [2.45, 2.75) is 57.3 Å². The summed E-state index contributed by atoms with van der Waals surface area (Å²) in [6, 6.07) is 8.47. The minimum Gasteiger partial charge on any atom is -0.490 e. The van der Waals surface area contributed by atoms with Crippen molar-refractivity contribution in [3.8, 4) is 5.75 Å². The van der Waals surface area contributed by atoms with E-state index in [9.17, 15) is 5.11 Å². The Morgan fingerprint density at radius 3 is 2.80 bits per heavy atom. The van der Waals surface area contributed by atoms with Gasteiger partial charge in [0.2, 0.25) is 0 Å². The van der Waals surface area contributed by atoms with E-state index in [1.54, 1.807) is 0 Å². The second-order valence-corrected chi connectivity index (χ2v) is 6.20. The van der Waals surface area contributed by atoms with Crippen molar-refractivity contribution >= 4 is 0 Å². The predicted octanol–water partition coefficient (Wildman–Crippen LogP) is 2.96. The normalized spacial score (nSPS) is 24.9. The highest BCUT2D eigenvalue weighted by Gasteiger charge is 2.19. The van der Waals surface area contributed by atoms with Crippen molar-refractivity contribution in [1.29, 1.82) is 0 Å². The second kappa shape index (κ2) is 6.59. The van der Waals surface area contributed by atoms with Gasteiger partial charge < -0.3 is 9.84 Å². The summed E-state index contributed by atoms with van der Waals surface area (Å²) in [5.74, 6) is 1.01. The Morgan fingerprint density at radius 1 is 1.15 bits per heavy atom. The zero-order valence-corrected chi connectivity index (χ0v) is 12.1. The molecule has 3 heteroatoms. The third kappa shape index (κ3) is 3.74. The summed E-state index contributed by atoms with van der Waals surface area (Å²) in [7, 11) is 0. The van der Waals surface area contributed by atoms with E-state index in [1.807, 2.05) is 0 Å². The topological polar surface area (TPSA) is 32.7 Å². The number of likely N-dealkylation sites (tertiary alicyclic amines) is 1. The lowest BCUT2D eigenvalue weighted by Gasteiger charge is -2.30. The van der Waals surface area contributed by atoms with Gasteiger partial charge in [-0.2, -0.15) is 0 Å². The van der Waals surface area contributed by atoms with E-state index in [4.69, 9.17) is 4.74 Å². The van der Waals surface area contributed by atoms with Crippen LogP contribution < -0.4 is 4.74 Å². The molecule has 0 spiro atoms. The minimum atomic E-state index is -0.151. The van der Waals surface area contributed by atoms with Crippen molar-refractivity contribution < 1.29 is 9.84 Å². The molecule has 1 saturated carbocycles. The number of rotatable bonds is 4. The van der Waals surface area contributed by atoms with Crippen molar-refractivity contribution in [3.05, 3.63) is 29.8 Å². The Morgan fingerprint density at radius 2 is 2.00 bits per heavy atom. The third-order valence-corrected chi connectivity index (χ3v) is 4.39. The van der Waals surface area contributed by atoms with Crippen molar-refractivity contribution in [1.82, 2.24) is 4.90 Å². The molecule has 0 amide bonds. The Labute approximate surface area is 121 Å². The maximum absolute atomic E-state index is 9.74. The lowest BCUT2D eigenvalue weighted by atomic mass is 10.1. The van der Waals surface area contributed by atoms with Crippen LogP contribution in [0.5, 0.6) is 5.75 Å². The number of piperidine rings is 1. The number of hydrogen-bond donors (Lipinski definition) is 1. The molecule has 1 atom stereocenters. The lowest BCUT2D eigenvalue weighted by molar-refractivity contribution is 0.0668. The molecule has 2 aliphatic rings. The smallest absolute Gasteiger partial charge is 0.120 e. The maximum atomic E-state index is 9.74. The summed E-state index contributed by atoms with van der Waals surface area (Å²) in [4.78, 5) is 2.34. The summed E-state index contributed by atoms with van der Waals surface area (Å²) in [6.07, 6.45) is 7.31. The van der Waals surface area contributed by atoms with Gasteiger partial charge in [0.1, 0.15) is 5.75 Å². The molecule has 20 heavy (non-hydrogen) atoms. The fourth-order valence-corrected chi connectivity index (χ4v) is 3.35. The van der Waals surface area contributed by atoms with E-state index in [1.165, 1.54) is 31.2 Å². The third-order valence-electron chi connectivity index (χ3n) is 4.39. The number of ether oxygens (including phenoxy) is 1. The summed E-state index contributed by atoms with van der Waals surface area (Å²) >= 11 is 0. The molecule has 1 unspecified atom stereocenters. The quantitative estimate of drug-likeness (QED) is 0.917. The van der Waals surface area contributed by atoms with Gasteiger partial charge in [-0.1, -0.05) is 12.1 Å². The summed E-state index contributed by atoms with van der Waals surface area (Å²) in [5, 5.41) is 9.74. The summed E-state index contributed by atoms with van der Waals surface area (Å²) in [5.41, 5.74) is 1.29. The molecule has 3 rings (SSSR count). The van der Waals surface area contributed by atoms with E-state index in [-0.39, 0.29) is 6.10 Å². The van der Waals surface area contributed by atoms with Crippen LogP contribution >= 0.6 is 0 Å². The first-order chi connectivity index (χ1) is 9.79. The number of β-amino-alcohol motifs (C(OH)–C–C–N with tert-alkyl or cyclic N) is 1. The van der Waals surface area contributed by atoms with Gasteiger partial charge in [0.15, 0.2) is 0 Å². The molecular formula is C17H25NO2. The standard InChI is InChI=1S/C17H25NO2/c19-15-6-4-10-18(13-15)12-14-5-3-9-17(11-14)20-16-7-1-2-8-16/h3,5,9,11,15-16,19H,1-2,4,6-8,10,12-13H2. The van der Waals surface area contributed by atoms with Crippen LogP contribution in [0.15, 0.2) is 24.3 Å². The van der Waals surface area contributed by atoms with E-state index in [0.717, 1.165) is 38.2 Å². The van der Waals surface area contributed by atoms with E-state index in [0.29, 0.717) is 6.10 Å². The average Bonchev–Trinajstić information content (AvgIpc) is 2.92. The molecule has 1 saturated heterocycles. The molecule has 2 fully saturated rings. The fraction of sp³-hybridized carbons (Fsp3) is 0.647. The Hall–Kier alpha value is -1.06. The summed E-state index contributed by atoms with van der Waals surface area (Å²) in [6.45, 7) is 2.80. The number of aliphatic hydroxyl groups excluding tert-OH is 1. The highest BCUT2D eigenvalue weighted by atomic mass is 16.5. The predicted molar refractivity (Wildman–Crippen MR) is 79.8 cm³/mol. The highest BCUT2D eigenvalue weighted by Crippen LogP contribution is 2.25. The van der Waals surface area contributed by atoms with Crippen LogP contribution in [-0.2, 0) is 6.54 Å². The Kier molecular flexibility index (Phi) is 4.58. The zero-order chi connectivity index (χ0) is 13.8. The molecule has 1 aromatic rings. The van der Waals surface area contributed by atoms with Gasteiger partial charge in [-0.05, 0) is 62.8 Å². The van der Waals surface area contributed by atoms with Gasteiger partial charge in [-0.3, -0.25) is 4.90 Å². The molecule has 0 bridgehead atoms. The Balaban J connectivity index is 1.58. The fourth-order valence-electron chi connectivity index (χ4n) is 3.35. The first-order valence-corrected chi connectivity index (χ1v) is 7.95. The van der Waals surface area contributed by atoms with Gasteiger partial charge in [0.25, 0.3) is 0 Å². The number of aliphatic hydroxyl groups is 1. The second-order valence-electron chi connectivity index (χ2n) is 6.20. The molecule has 1 aliphatic carbocycles. The molecule has 1 aliphatic heterocycles. The molecule has 0 radical (unpaired) electrons. The first kappa shape index (κ1) is 13.9. The number of benzene rings is 1. The molecule has 3 nitrogen and oxygen atoms in total. The van der Waals surface area contributed by atoms with Gasteiger partial charge in [0.05, 0.1) is 12.2 Å². The SMILES string of the molecule is OC1CCCN(Cc2cccc(OC3CCCC3)c2)C1. The van der Waals surface area contributed by atoms with E-state index in [2.05, 4.69) is 29.2 Å². The molecule has 110 valence electrons. The summed E-state index contributed by atoms with van der Waals surface area (Å²) < 4.78 is 6.06. The van der Waals surface area contributed by atoms with Gasteiger partial charge in [-0.15, -0.1) is 0 Å². The Bertz CT molecular complexity index is 429. The van der Waals surface area contributed by atoms with Gasteiger partial charge >= 0.3 is 0 Å². The molecule has 0 aromatic heterocycles. The molecule has 1 heterocycles. The van der Waals surface area contributed by atoms with Crippen LogP contribution in [0.4, 0.5) is 0 Å². The van der Waals surface area contributed by atoms with E-state index < -0.39 is 0 Å². The average molecular weight is 275 g/mol. The van der Waals surface area contributed by atoms with Crippen LogP contribution in [-0.4, -0.2) is 35.3 Å². The largest absolute Gasteiger partial charge is 0.490 e. The number of hydrogen-bond acceptors (Lipinski definition) is 3. The minimum absolute atomic E-state index is 0.151. The molecular weight excluding hydrogens is 250 g/mol. The highest BCUT2D eigenvalue weighted by molar-refractivity contribution is 5.28. The van der Waals surface area contributed by atoms with Crippen molar-refractivity contribution in [2.75, 3.05) is 13.1 Å². The van der Waals surface area contributed by atoms with Crippen LogP contribution in [0.3, 0.4) is 0 Å². The lowest BCUT2D eigenvalue weighted by Crippen LogP contribution is -2.37. The van der Waals surface area contributed by atoms with Gasteiger partial charge in [-0.25, -0.2) is 0 Å². The van der Waals surface area contributed by atoms with Crippen LogP contribution in [0.2, 0.25) is 0 Å². The zero-order valence-electron chi connectivity index (χ0n) is 12.1.